The molecule has 5 nitrogen and oxygen atoms in total. The number of aromatic amines is 1. The highest BCUT2D eigenvalue weighted by molar-refractivity contribution is 5.76. The zero-order valence-corrected chi connectivity index (χ0v) is 13.0. The molecule has 1 saturated heterocycles. The molecule has 3 rings (SSSR count). The minimum absolute atomic E-state index is 0.353. The lowest BCUT2D eigenvalue weighted by Crippen LogP contribution is -2.31. The van der Waals surface area contributed by atoms with Crippen molar-refractivity contribution in [2.45, 2.75) is 58.3 Å². The Hall–Kier alpha value is -1.39. The van der Waals surface area contributed by atoms with Crippen molar-refractivity contribution in [2.75, 3.05) is 13.1 Å². The van der Waals surface area contributed by atoms with E-state index in [-0.39, 0.29) is 0 Å². The summed E-state index contributed by atoms with van der Waals surface area (Å²) in [5.74, 6) is 1.20. The van der Waals surface area contributed by atoms with Crippen LogP contribution in [0.3, 0.4) is 0 Å². The number of aromatic nitrogens is 3. The van der Waals surface area contributed by atoms with Gasteiger partial charge in [0.2, 0.25) is 5.91 Å². The number of unbranched alkanes of at least 4 members (excludes halogenated alkanes) is 1. The van der Waals surface area contributed by atoms with Crippen molar-refractivity contribution < 1.29 is 4.79 Å². The Labute approximate surface area is 126 Å². The van der Waals surface area contributed by atoms with Gasteiger partial charge < -0.3 is 4.90 Å². The maximum Gasteiger partial charge on any atom is 0.222 e. The third-order valence-electron chi connectivity index (χ3n) is 5.28. The number of nitrogens with zero attached hydrogens (tertiary/aromatic N) is 3. The highest BCUT2D eigenvalue weighted by Gasteiger charge is 2.43. The van der Waals surface area contributed by atoms with Crippen LogP contribution in [0.5, 0.6) is 0 Å². The van der Waals surface area contributed by atoms with E-state index in [4.69, 9.17) is 0 Å². The number of carbonyl (C=O) groups excluding carboxylic acids is 1. The van der Waals surface area contributed by atoms with Crippen LogP contribution < -0.4 is 0 Å². The number of hydrogen-bond donors (Lipinski definition) is 1. The molecule has 1 aliphatic carbocycles. The normalized spacial score (nSPS) is 28.6. The fraction of sp³-hybridized carbons (Fsp3) is 0.812. The van der Waals surface area contributed by atoms with Crippen molar-refractivity contribution in [3.8, 4) is 0 Å². The predicted octanol–water partition coefficient (Wildman–Crippen LogP) is 2.56. The molecule has 0 unspecified atom stereocenters. The van der Waals surface area contributed by atoms with Crippen molar-refractivity contribution in [1.29, 1.82) is 0 Å². The van der Waals surface area contributed by atoms with Crippen LogP contribution in [0.1, 0.15) is 57.6 Å². The van der Waals surface area contributed by atoms with Crippen molar-refractivity contribution in [3.05, 3.63) is 11.9 Å². The summed E-state index contributed by atoms with van der Waals surface area (Å²) in [6.07, 6.45) is 10.5. The molecule has 1 aromatic heterocycles. The Morgan fingerprint density at radius 3 is 3.10 bits per heavy atom. The summed E-state index contributed by atoms with van der Waals surface area (Å²) in [6.45, 7) is 4.34. The average Bonchev–Trinajstić information content (AvgIpc) is 3.18. The molecule has 1 aliphatic heterocycles. The van der Waals surface area contributed by atoms with Crippen molar-refractivity contribution >= 4 is 5.91 Å². The molecule has 1 saturated carbocycles. The minimum Gasteiger partial charge on any atom is -0.342 e. The lowest BCUT2D eigenvalue weighted by Gasteiger charge is -2.24. The second kappa shape index (κ2) is 6.16. The number of hydrogen-bond acceptors (Lipinski definition) is 3. The summed E-state index contributed by atoms with van der Waals surface area (Å²) < 4.78 is 0. The molecule has 2 heterocycles. The number of amides is 1. The van der Waals surface area contributed by atoms with Gasteiger partial charge in [0.05, 0.1) is 11.9 Å². The van der Waals surface area contributed by atoms with E-state index in [2.05, 4.69) is 27.2 Å². The van der Waals surface area contributed by atoms with Crippen LogP contribution in [0.2, 0.25) is 0 Å². The van der Waals surface area contributed by atoms with Gasteiger partial charge in [-0.3, -0.25) is 4.79 Å². The number of rotatable bonds is 5. The van der Waals surface area contributed by atoms with E-state index in [9.17, 15) is 4.79 Å². The Morgan fingerprint density at radius 1 is 1.48 bits per heavy atom. The van der Waals surface area contributed by atoms with Gasteiger partial charge in [-0.2, -0.15) is 15.4 Å². The third kappa shape index (κ3) is 3.44. The van der Waals surface area contributed by atoms with Gasteiger partial charge in [-0.1, -0.05) is 13.3 Å². The molecule has 1 N–H and O–H groups in total. The zero-order chi connectivity index (χ0) is 14.7. The van der Waals surface area contributed by atoms with Crippen molar-refractivity contribution in [2.24, 2.45) is 11.3 Å². The van der Waals surface area contributed by atoms with E-state index in [1.165, 1.54) is 25.7 Å². The molecule has 1 amide bonds. The third-order valence-corrected chi connectivity index (χ3v) is 5.28. The number of aryl methyl sites for hydroxylation is 1. The van der Waals surface area contributed by atoms with E-state index in [1.807, 2.05) is 0 Å². The Balaban J connectivity index is 1.38. The molecule has 116 valence electrons. The van der Waals surface area contributed by atoms with Crippen LogP contribution in [-0.2, 0) is 11.2 Å². The molecule has 0 aromatic carbocycles. The molecule has 1 spiro atoms. The number of likely N-dealkylation sites (tertiary alicyclic amines) is 1. The molecule has 1 aromatic rings. The monoisotopic (exact) mass is 290 g/mol. The molecule has 21 heavy (non-hydrogen) atoms. The number of nitrogens with one attached hydrogen (secondary N) is 1. The molecular formula is C16H26N4O. The summed E-state index contributed by atoms with van der Waals surface area (Å²) in [6, 6.07) is 0. The van der Waals surface area contributed by atoms with Crippen molar-refractivity contribution in [3.63, 3.8) is 0 Å². The Morgan fingerprint density at radius 2 is 2.38 bits per heavy atom. The molecule has 2 fully saturated rings. The van der Waals surface area contributed by atoms with Crippen molar-refractivity contribution in [1.82, 2.24) is 20.3 Å². The fourth-order valence-electron chi connectivity index (χ4n) is 4.10. The van der Waals surface area contributed by atoms with E-state index >= 15 is 0 Å². The second-order valence-electron chi connectivity index (χ2n) is 7.08. The first-order valence-corrected chi connectivity index (χ1v) is 8.29. The first kappa shape index (κ1) is 14.5. The Bertz CT molecular complexity index is 473. The topological polar surface area (TPSA) is 61.9 Å². The number of H-pyrrole nitrogens is 1. The SMILES string of the molecule is C[C@@H]1CC[C@]2(CCN(C(=O)CCCCc3cn[nH]n3)C2)C1. The van der Waals surface area contributed by atoms with Gasteiger partial charge in [0.15, 0.2) is 0 Å². The molecule has 2 atom stereocenters. The van der Waals surface area contributed by atoms with E-state index in [0.29, 0.717) is 17.7 Å². The van der Waals surface area contributed by atoms with Gasteiger partial charge in [-0.25, -0.2) is 0 Å². The summed E-state index contributed by atoms with van der Waals surface area (Å²) in [5.41, 5.74) is 1.46. The maximum absolute atomic E-state index is 12.3. The second-order valence-corrected chi connectivity index (χ2v) is 7.08. The predicted molar refractivity (Wildman–Crippen MR) is 80.6 cm³/mol. The van der Waals surface area contributed by atoms with Crippen LogP contribution in [0.25, 0.3) is 0 Å². The molecule has 0 radical (unpaired) electrons. The van der Waals surface area contributed by atoms with Crippen LogP contribution in [0, 0.1) is 11.3 Å². The Kier molecular flexibility index (Phi) is 4.27. The lowest BCUT2D eigenvalue weighted by atomic mass is 9.85. The van der Waals surface area contributed by atoms with E-state index in [1.54, 1.807) is 6.20 Å². The summed E-state index contributed by atoms with van der Waals surface area (Å²) in [7, 11) is 0. The molecular weight excluding hydrogens is 264 g/mol. The highest BCUT2D eigenvalue weighted by atomic mass is 16.2. The van der Waals surface area contributed by atoms with E-state index in [0.717, 1.165) is 44.0 Å². The number of carbonyl (C=O) groups is 1. The molecule has 2 aliphatic rings. The largest absolute Gasteiger partial charge is 0.342 e. The first-order chi connectivity index (χ1) is 10.2. The van der Waals surface area contributed by atoms with Gasteiger partial charge in [0.25, 0.3) is 0 Å². The van der Waals surface area contributed by atoms with Gasteiger partial charge in [-0.15, -0.1) is 0 Å². The zero-order valence-electron chi connectivity index (χ0n) is 13.0. The molecule has 5 heteroatoms. The summed E-state index contributed by atoms with van der Waals surface area (Å²) in [5, 5.41) is 10.4. The van der Waals surface area contributed by atoms with Crippen LogP contribution >= 0.6 is 0 Å². The van der Waals surface area contributed by atoms with Gasteiger partial charge >= 0.3 is 0 Å². The van der Waals surface area contributed by atoms with Crippen LogP contribution in [0.15, 0.2) is 6.20 Å². The highest BCUT2D eigenvalue weighted by Crippen LogP contribution is 2.47. The van der Waals surface area contributed by atoms with Gasteiger partial charge in [0.1, 0.15) is 0 Å². The minimum atomic E-state index is 0.353. The molecule has 0 bridgehead atoms. The maximum atomic E-state index is 12.3. The van der Waals surface area contributed by atoms with Crippen LogP contribution in [-0.4, -0.2) is 39.3 Å². The quantitative estimate of drug-likeness (QED) is 0.848. The average molecular weight is 290 g/mol. The lowest BCUT2D eigenvalue weighted by molar-refractivity contribution is -0.130. The standard InChI is InChI=1S/C16H26N4O/c1-13-6-7-16(10-13)8-9-20(12-16)15(21)5-3-2-4-14-11-17-19-18-14/h11,13H,2-10,12H2,1H3,(H,17,18,19)/t13-,16+/m1/s1. The summed E-state index contributed by atoms with van der Waals surface area (Å²) in [4.78, 5) is 14.4. The van der Waals surface area contributed by atoms with Crippen LogP contribution in [0.4, 0.5) is 0 Å². The smallest absolute Gasteiger partial charge is 0.222 e. The first-order valence-electron chi connectivity index (χ1n) is 8.29. The summed E-state index contributed by atoms with van der Waals surface area (Å²) >= 11 is 0. The van der Waals surface area contributed by atoms with Gasteiger partial charge in [-0.05, 0) is 49.9 Å². The van der Waals surface area contributed by atoms with Gasteiger partial charge in [0, 0.05) is 19.5 Å². The van der Waals surface area contributed by atoms with E-state index < -0.39 is 0 Å². The fourth-order valence-corrected chi connectivity index (χ4v) is 4.10.